The van der Waals surface area contributed by atoms with Crippen molar-refractivity contribution in [2.45, 2.75) is 47.5 Å². The zero-order chi connectivity index (χ0) is 32.6. The topological polar surface area (TPSA) is 110 Å². The summed E-state index contributed by atoms with van der Waals surface area (Å²) in [4.78, 5) is 47.6. The van der Waals surface area contributed by atoms with Crippen LogP contribution < -0.4 is 15.2 Å². The number of H-pyrrole nitrogens is 1. The van der Waals surface area contributed by atoms with Crippen LogP contribution in [0.3, 0.4) is 0 Å². The first-order valence-corrected chi connectivity index (χ1v) is 15.8. The molecule has 1 aromatic heterocycles. The van der Waals surface area contributed by atoms with E-state index in [4.69, 9.17) is 39.5 Å². The molecule has 0 spiro atoms. The number of carbonyl (C=O) groups is 2. The van der Waals surface area contributed by atoms with Crippen LogP contribution in [0.25, 0.3) is 0 Å². The highest BCUT2D eigenvalue weighted by Crippen LogP contribution is 2.45. The molecule has 5 rings (SSSR count). The van der Waals surface area contributed by atoms with Crippen LogP contribution in [-0.2, 0) is 11.9 Å². The van der Waals surface area contributed by atoms with Crippen LogP contribution in [0.1, 0.15) is 53.0 Å². The van der Waals surface area contributed by atoms with E-state index in [0.29, 0.717) is 42.2 Å². The summed E-state index contributed by atoms with van der Waals surface area (Å²) in [5.74, 6) is -0.428. The number of aromatic amines is 1. The van der Waals surface area contributed by atoms with Crippen molar-refractivity contribution in [1.82, 2.24) is 14.8 Å². The maximum atomic E-state index is 14.2. The standard InChI is InChI=1S/C30H26Cl3F2N5O4S/c1-3-38-10-5-11-39(29(38)43)21-12-16-15-40(20(8-9-36)17(16)13-22(21)44-2)28(42)25-23(14-24(30(33,34)35)37-27(25)41)45-26-18(31)6-4-7-19(26)32/h4,6-7,12-14,20H,3,5,8,10-11,15H2,1-2H3,(H,37,41). The number of urea groups is 1. The number of carbonyl (C=O) groups excluding carboxylic acids is 2. The molecule has 2 aromatic carbocycles. The van der Waals surface area contributed by atoms with Crippen LogP contribution in [0.15, 0.2) is 51.0 Å². The van der Waals surface area contributed by atoms with Gasteiger partial charge in [0.05, 0.1) is 41.4 Å². The fourth-order valence-electron chi connectivity index (χ4n) is 5.53. The van der Waals surface area contributed by atoms with Gasteiger partial charge >= 0.3 is 11.4 Å². The number of hydrogen-bond acceptors (Lipinski definition) is 6. The molecule has 0 bridgehead atoms. The maximum Gasteiger partial charge on any atom is 0.362 e. The Kier molecular flexibility index (Phi) is 9.56. The molecule has 1 unspecified atom stereocenters. The summed E-state index contributed by atoms with van der Waals surface area (Å²) in [5, 5.41) is 6.12. The third-order valence-corrected chi connectivity index (χ3v) is 9.94. The average Bonchev–Trinajstić information content (AvgIpc) is 3.35. The summed E-state index contributed by atoms with van der Waals surface area (Å²) in [6.07, 6.45) is 0.611. The van der Waals surface area contributed by atoms with Crippen LogP contribution >= 0.6 is 46.6 Å². The molecule has 1 N–H and O–H groups in total. The number of nitriles is 1. The van der Waals surface area contributed by atoms with Crippen molar-refractivity contribution >= 4 is 64.2 Å². The van der Waals surface area contributed by atoms with Crippen molar-refractivity contribution in [1.29, 1.82) is 5.26 Å². The second-order valence-corrected chi connectivity index (χ2v) is 12.6. The van der Waals surface area contributed by atoms with E-state index >= 15 is 0 Å². The smallest absolute Gasteiger partial charge is 0.362 e. The molecule has 1 fully saturated rings. The minimum atomic E-state index is -3.94. The Morgan fingerprint density at radius 2 is 1.91 bits per heavy atom. The van der Waals surface area contributed by atoms with E-state index < -0.39 is 34.1 Å². The van der Waals surface area contributed by atoms with Crippen LogP contribution in [-0.4, -0.2) is 53.5 Å². The van der Waals surface area contributed by atoms with Crippen molar-refractivity contribution < 1.29 is 23.1 Å². The normalized spacial score (nSPS) is 16.5. The average molecular weight is 697 g/mol. The van der Waals surface area contributed by atoms with E-state index in [0.717, 1.165) is 24.2 Å². The number of aromatic nitrogens is 1. The summed E-state index contributed by atoms with van der Waals surface area (Å²) in [5.41, 5.74) is -0.715. The molecule has 0 aliphatic carbocycles. The van der Waals surface area contributed by atoms with Gasteiger partial charge in [0.2, 0.25) is 0 Å². The van der Waals surface area contributed by atoms with E-state index in [2.05, 4.69) is 6.07 Å². The molecular formula is C30H26Cl3F2N5O4S. The van der Waals surface area contributed by atoms with E-state index in [9.17, 15) is 28.4 Å². The Labute approximate surface area is 276 Å². The second-order valence-electron chi connectivity index (χ2n) is 10.3. The molecule has 2 aliphatic rings. The molecule has 9 nitrogen and oxygen atoms in total. The van der Waals surface area contributed by atoms with Crippen molar-refractivity contribution in [2.75, 3.05) is 31.6 Å². The minimum absolute atomic E-state index is 0.0269. The van der Waals surface area contributed by atoms with Crippen molar-refractivity contribution in [2.24, 2.45) is 0 Å². The molecule has 0 radical (unpaired) electrons. The molecule has 236 valence electrons. The number of hydrogen-bond donors (Lipinski definition) is 1. The number of ether oxygens (including phenoxy) is 1. The second kappa shape index (κ2) is 13.1. The lowest BCUT2D eigenvalue weighted by molar-refractivity contribution is 0.0684. The predicted octanol–water partition coefficient (Wildman–Crippen LogP) is 7.39. The van der Waals surface area contributed by atoms with Crippen LogP contribution in [0.4, 0.5) is 19.3 Å². The number of halogens is 5. The zero-order valence-electron chi connectivity index (χ0n) is 24.0. The zero-order valence-corrected chi connectivity index (χ0v) is 27.1. The first-order valence-electron chi connectivity index (χ1n) is 13.8. The Hall–Kier alpha value is -3.50. The van der Waals surface area contributed by atoms with Crippen LogP contribution in [0.5, 0.6) is 5.75 Å². The van der Waals surface area contributed by atoms with Gasteiger partial charge in [-0.3, -0.25) is 14.5 Å². The summed E-state index contributed by atoms with van der Waals surface area (Å²) >= 11 is 18.7. The lowest BCUT2D eigenvalue weighted by Crippen LogP contribution is -2.49. The van der Waals surface area contributed by atoms with Gasteiger partial charge in [-0.25, -0.2) is 4.79 Å². The van der Waals surface area contributed by atoms with Gasteiger partial charge in [-0.05, 0) is 66.4 Å². The van der Waals surface area contributed by atoms with Gasteiger partial charge in [0, 0.05) is 36.0 Å². The summed E-state index contributed by atoms with van der Waals surface area (Å²) in [7, 11) is 1.46. The molecule has 1 saturated heterocycles. The number of methoxy groups -OCH3 is 1. The summed E-state index contributed by atoms with van der Waals surface area (Å²) in [6, 6.07) is 10.1. The fraction of sp³-hybridized carbons (Fsp3) is 0.333. The fourth-order valence-corrected chi connectivity index (χ4v) is 7.27. The number of rotatable bonds is 8. The monoisotopic (exact) mass is 695 g/mol. The number of alkyl halides is 3. The third-order valence-electron chi connectivity index (χ3n) is 7.69. The Morgan fingerprint density at radius 3 is 2.53 bits per heavy atom. The number of fused-ring (bicyclic) bond motifs is 1. The highest BCUT2D eigenvalue weighted by Gasteiger charge is 2.39. The highest BCUT2D eigenvalue weighted by molar-refractivity contribution is 7.99. The van der Waals surface area contributed by atoms with Crippen LogP contribution in [0.2, 0.25) is 10.0 Å². The van der Waals surface area contributed by atoms with E-state index in [1.54, 1.807) is 28.0 Å². The van der Waals surface area contributed by atoms with E-state index in [1.807, 2.05) is 11.9 Å². The van der Waals surface area contributed by atoms with Crippen molar-refractivity contribution in [3.63, 3.8) is 0 Å². The predicted molar refractivity (Wildman–Crippen MR) is 168 cm³/mol. The Bertz CT molecular complexity index is 1760. The van der Waals surface area contributed by atoms with Gasteiger partial charge in [0.15, 0.2) is 0 Å². The molecule has 3 heterocycles. The van der Waals surface area contributed by atoms with E-state index in [-0.39, 0.29) is 38.8 Å². The molecule has 15 heteroatoms. The number of nitrogens with zero attached hydrogens (tertiary/aromatic N) is 4. The molecule has 45 heavy (non-hydrogen) atoms. The summed E-state index contributed by atoms with van der Waals surface area (Å²) in [6.45, 7) is 3.51. The van der Waals surface area contributed by atoms with Gasteiger partial charge < -0.3 is 19.5 Å². The van der Waals surface area contributed by atoms with Gasteiger partial charge in [0.1, 0.15) is 17.0 Å². The number of benzene rings is 2. The number of amides is 3. The molecule has 1 atom stereocenters. The van der Waals surface area contributed by atoms with Gasteiger partial charge in [-0.2, -0.15) is 14.0 Å². The van der Waals surface area contributed by atoms with Crippen LogP contribution in [0, 0.1) is 11.3 Å². The Morgan fingerprint density at radius 1 is 1.20 bits per heavy atom. The largest absolute Gasteiger partial charge is 0.495 e. The minimum Gasteiger partial charge on any atom is -0.495 e. The third kappa shape index (κ3) is 6.31. The lowest BCUT2D eigenvalue weighted by atomic mass is 10.0. The molecular weight excluding hydrogens is 671 g/mol. The highest BCUT2D eigenvalue weighted by atomic mass is 35.5. The molecule has 2 aliphatic heterocycles. The SMILES string of the molecule is CCN1CCCN(c2cc3c(cc2OC)C(CC#N)N(C(=O)c2c(Sc4c(Cl)cccc4Cl)cc(C(F)(F)Cl)[nH]c2=O)C3)C1=O. The molecule has 3 amide bonds. The quantitative estimate of drug-likeness (QED) is 0.246. The van der Waals surface area contributed by atoms with E-state index in [1.165, 1.54) is 24.1 Å². The number of nitrogens with one attached hydrogen (secondary N) is 1. The van der Waals surface area contributed by atoms with Crippen molar-refractivity contribution in [3.05, 3.63) is 79.2 Å². The van der Waals surface area contributed by atoms with Gasteiger partial charge in [0.25, 0.3) is 11.5 Å². The first-order chi connectivity index (χ1) is 21.4. The number of anilines is 1. The molecule has 0 saturated carbocycles. The number of pyridine rings is 1. The maximum absolute atomic E-state index is 14.2. The van der Waals surface area contributed by atoms with Crippen molar-refractivity contribution in [3.8, 4) is 11.8 Å². The van der Waals surface area contributed by atoms with Gasteiger partial charge in [-0.15, -0.1) is 0 Å². The first kappa shape index (κ1) is 32.9. The lowest BCUT2D eigenvalue weighted by Gasteiger charge is -2.35. The molecule has 3 aromatic rings. The van der Waals surface area contributed by atoms with Gasteiger partial charge in [-0.1, -0.05) is 41.0 Å². The summed E-state index contributed by atoms with van der Waals surface area (Å²) < 4.78 is 34.0. The Balaban J connectivity index is 1.60.